The molecule has 0 saturated carbocycles. The van der Waals surface area contributed by atoms with E-state index in [9.17, 15) is 9.59 Å². The average Bonchev–Trinajstić information content (AvgIpc) is 3.18. The molecule has 8 nitrogen and oxygen atoms in total. The van der Waals surface area contributed by atoms with Crippen LogP contribution in [0.15, 0.2) is 41.6 Å². The molecular formula is C18H17N5O3. The molecule has 0 bridgehead atoms. The number of H-pyrrole nitrogens is 1. The number of nitrogens with zero attached hydrogens (tertiary/aromatic N) is 4. The van der Waals surface area contributed by atoms with E-state index in [1.54, 1.807) is 23.2 Å². The fourth-order valence-electron chi connectivity index (χ4n) is 3.24. The molecule has 3 aromatic rings. The summed E-state index contributed by atoms with van der Waals surface area (Å²) in [6.07, 6.45) is 5.36. The Balaban J connectivity index is 1.54. The molecule has 0 aliphatic carbocycles. The molecule has 1 aliphatic heterocycles. The van der Waals surface area contributed by atoms with E-state index in [0.29, 0.717) is 29.6 Å². The van der Waals surface area contributed by atoms with Gasteiger partial charge in [-0.1, -0.05) is 0 Å². The van der Waals surface area contributed by atoms with Gasteiger partial charge in [-0.15, -0.1) is 0 Å². The number of ether oxygens (including phenoxy) is 1. The number of carbonyl (C=O) groups is 1. The Morgan fingerprint density at radius 3 is 2.88 bits per heavy atom. The fraction of sp³-hybridized carbons (Fsp3) is 0.278. The van der Waals surface area contributed by atoms with Gasteiger partial charge in [-0.2, -0.15) is 0 Å². The van der Waals surface area contributed by atoms with Crippen molar-refractivity contribution < 1.29 is 9.53 Å². The van der Waals surface area contributed by atoms with Crippen molar-refractivity contribution in [1.29, 1.82) is 0 Å². The van der Waals surface area contributed by atoms with Crippen LogP contribution in [0.4, 0.5) is 0 Å². The van der Waals surface area contributed by atoms with Crippen molar-refractivity contribution in [3.05, 3.63) is 58.4 Å². The summed E-state index contributed by atoms with van der Waals surface area (Å²) in [5.74, 6) is -0.0614. The van der Waals surface area contributed by atoms with E-state index in [0.717, 1.165) is 12.1 Å². The first-order chi connectivity index (χ1) is 12.7. The Hall–Kier alpha value is -3.29. The van der Waals surface area contributed by atoms with Crippen molar-refractivity contribution in [2.24, 2.45) is 0 Å². The van der Waals surface area contributed by atoms with Gasteiger partial charge >= 0.3 is 6.01 Å². The van der Waals surface area contributed by atoms with Crippen LogP contribution in [-0.2, 0) is 0 Å². The topological polar surface area (TPSA) is 101 Å². The van der Waals surface area contributed by atoms with Crippen LogP contribution >= 0.6 is 0 Å². The zero-order valence-corrected chi connectivity index (χ0v) is 14.2. The number of fused-ring (bicyclic) bond motifs is 1. The van der Waals surface area contributed by atoms with Crippen molar-refractivity contribution in [1.82, 2.24) is 24.8 Å². The molecule has 0 radical (unpaired) electrons. The molecule has 1 N–H and O–H groups in total. The highest BCUT2D eigenvalue weighted by Crippen LogP contribution is 2.27. The predicted octanol–water partition coefficient (Wildman–Crippen LogP) is 1.35. The van der Waals surface area contributed by atoms with Crippen LogP contribution in [0.2, 0.25) is 0 Å². The first-order valence-corrected chi connectivity index (χ1v) is 8.29. The zero-order valence-electron chi connectivity index (χ0n) is 14.2. The molecule has 8 heteroatoms. The van der Waals surface area contributed by atoms with Gasteiger partial charge in [-0.3, -0.25) is 14.6 Å². The zero-order chi connectivity index (χ0) is 18.1. The lowest BCUT2D eigenvalue weighted by molar-refractivity contribution is 0.0789. The smallest absolute Gasteiger partial charge is 0.316 e. The van der Waals surface area contributed by atoms with Gasteiger partial charge in [0.05, 0.1) is 23.6 Å². The number of nitrogens with one attached hydrogen (secondary N) is 1. The lowest BCUT2D eigenvalue weighted by Crippen LogP contribution is -2.29. The summed E-state index contributed by atoms with van der Waals surface area (Å²) in [6, 6.07) is 5.61. The Kier molecular flexibility index (Phi) is 4.08. The summed E-state index contributed by atoms with van der Waals surface area (Å²) in [5, 5.41) is 0.567. The molecule has 3 aromatic heterocycles. The summed E-state index contributed by atoms with van der Waals surface area (Å²) in [6.45, 7) is 1.14. The molecular weight excluding hydrogens is 334 g/mol. The van der Waals surface area contributed by atoms with E-state index < -0.39 is 0 Å². The van der Waals surface area contributed by atoms with Crippen molar-refractivity contribution >= 4 is 16.8 Å². The van der Waals surface area contributed by atoms with Crippen LogP contribution in [0.3, 0.4) is 0 Å². The average molecular weight is 351 g/mol. The molecule has 0 spiro atoms. The minimum atomic E-state index is -0.154. The second-order valence-electron chi connectivity index (χ2n) is 6.19. The van der Waals surface area contributed by atoms with Gasteiger partial charge in [0.25, 0.3) is 11.5 Å². The van der Waals surface area contributed by atoms with Crippen LogP contribution < -0.4 is 10.3 Å². The van der Waals surface area contributed by atoms with Crippen molar-refractivity contribution in [3.63, 3.8) is 0 Å². The molecule has 1 amide bonds. The van der Waals surface area contributed by atoms with E-state index in [1.807, 2.05) is 6.07 Å². The molecule has 1 aliphatic rings. The third-order valence-corrected chi connectivity index (χ3v) is 4.61. The minimum Gasteiger partial charge on any atom is -0.467 e. The van der Waals surface area contributed by atoms with Gasteiger partial charge in [0.15, 0.2) is 0 Å². The Morgan fingerprint density at radius 1 is 1.31 bits per heavy atom. The van der Waals surface area contributed by atoms with Crippen molar-refractivity contribution in [2.75, 3.05) is 20.2 Å². The number of carbonyl (C=O) groups excluding carboxylic acids is 1. The van der Waals surface area contributed by atoms with E-state index in [4.69, 9.17) is 4.74 Å². The second-order valence-corrected chi connectivity index (χ2v) is 6.19. The summed E-state index contributed by atoms with van der Waals surface area (Å²) >= 11 is 0. The molecule has 4 rings (SSSR count). The van der Waals surface area contributed by atoms with Gasteiger partial charge in [-0.05, 0) is 24.6 Å². The monoisotopic (exact) mass is 351 g/mol. The van der Waals surface area contributed by atoms with Gasteiger partial charge in [0, 0.05) is 43.3 Å². The first-order valence-electron chi connectivity index (χ1n) is 8.29. The summed E-state index contributed by atoms with van der Waals surface area (Å²) in [4.78, 5) is 41.8. The maximum absolute atomic E-state index is 12.6. The number of hydrogen-bond acceptors (Lipinski definition) is 6. The van der Waals surface area contributed by atoms with Crippen LogP contribution in [0.5, 0.6) is 6.01 Å². The molecule has 1 atom stereocenters. The summed E-state index contributed by atoms with van der Waals surface area (Å²) < 4.78 is 4.91. The number of amides is 1. The summed E-state index contributed by atoms with van der Waals surface area (Å²) in [7, 11) is 1.47. The molecule has 26 heavy (non-hydrogen) atoms. The van der Waals surface area contributed by atoms with E-state index in [1.165, 1.54) is 19.5 Å². The molecule has 132 valence electrons. The SMILES string of the molecule is COc1ncc(C(=O)N2CC[C@H](c3cc4ncccc4c(=O)[nH]3)C2)cn1. The van der Waals surface area contributed by atoms with Crippen LogP contribution in [-0.4, -0.2) is 50.9 Å². The Bertz CT molecular complexity index is 1020. The minimum absolute atomic E-state index is 0.0669. The fourth-order valence-corrected chi connectivity index (χ4v) is 3.24. The van der Waals surface area contributed by atoms with Crippen molar-refractivity contribution in [3.8, 4) is 6.01 Å². The van der Waals surface area contributed by atoms with Crippen LogP contribution in [0, 0.1) is 0 Å². The van der Waals surface area contributed by atoms with Gasteiger partial charge < -0.3 is 14.6 Å². The molecule has 0 unspecified atom stereocenters. The highest BCUT2D eigenvalue weighted by Gasteiger charge is 2.29. The third kappa shape index (κ3) is 2.90. The standard InChI is InChI=1S/C18H17N5O3/c1-26-18-20-8-12(9-21-18)17(25)23-6-4-11(10-23)14-7-15-13(16(24)22-14)3-2-5-19-15/h2-3,5,7-9,11H,4,6,10H2,1H3,(H,22,24)/t11-/m0/s1. The quantitative estimate of drug-likeness (QED) is 0.764. The number of likely N-dealkylation sites (tertiary alicyclic amines) is 1. The maximum Gasteiger partial charge on any atom is 0.316 e. The van der Waals surface area contributed by atoms with Gasteiger partial charge in [-0.25, -0.2) is 9.97 Å². The maximum atomic E-state index is 12.6. The number of hydrogen-bond donors (Lipinski definition) is 1. The summed E-state index contributed by atoms with van der Waals surface area (Å²) in [5.41, 5.74) is 1.74. The Morgan fingerprint density at radius 2 is 2.12 bits per heavy atom. The Labute approximate surface area is 148 Å². The van der Waals surface area contributed by atoms with E-state index in [2.05, 4.69) is 19.9 Å². The first kappa shape index (κ1) is 16.2. The van der Waals surface area contributed by atoms with Crippen LogP contribution in [0.1, 0.15) is 28.4 Å². The number of aromatic amines is 1. The second kappa shape index (κ2) is 6.55. The third-order valence-electron chi connectivity index (χ3n) is 4.61. The molecule has 4 heterocycles. The number of rotatable bonds is 3. The van der Waals surface area contributed by atoms with Gasteiger partial charge in [0.2, 0.25) is 0 Å². The number of aromatic nitrogens is 4. The van der Waals surface area contributed by atoms with Crippen molar-refractivity contribution in [2.45, 2.75) is 12.3 Å². The number of methoxy groups -OCH3 is 1. The highest BCUT2D eigenvalue weighted by atomic mass is 16.5. The van der Waals surface area contributed by atoms with E-state index in [-0.39, 0.29) is 23.4 Å². The molecule has 0 aromatic carbocycles. The van der Waals surface area contributed by atoms with E-state index >= 15 is 0 Å². The highest BCUT2D eigenvalue weighted by molar-refractivity contribution is 5.93. The number of pyridine rings is 2. The normalized spacial score (nSPS) is 16.8. The predicted molar refractivity (Wildman–Crippen MR) is 94.2 cm³/mol. The molecule has 1 saturated heterocycles. The molecule has 1 fully saturated rings. The van der Waals surface area contributed by atoms with Gasteiger partial charge in [0.1, 0.15) is 0 Å². The lowest BCUT2D eigenvalue weighted by atomic mass is 10.0. The largest absolute Gasteiger partial charge is 0.467 e. The van der Waals surface area contributed by atoms with Crippen LogP contribution in [0.25, 0.3) is 10.9 Å². The lowest BCUT2D eigenvalue weighted by Gasteiger charge is -2.16.